The summed E-state index contributed by atoms with van der Waals surface area (Å²) in [6.07, 6.45) is 2.47. The number of amides is 2. The average Bonchev–Trinajstić information content (AvgIpc) is 3.02. The molecule has 0 bridgehead atoms. The number of nitrogens with zero attached hydrogens (tertiary/aromatic N) is 2. The van der Waals surface area contributed by atoms with Crippen molar-refractivity contribution in [3.63, 3.8) is 0 Å². The van der Waals surface area contributed by atoms with Crippen LogP contribution in [0, 0.1) is 0 Å². The van der Waals surface area contributed by atoms with Gasteiger partial charge in [-0.15, -0.1) is 0 Å². The molecule has 1 fully saturated rings. The van der Waals surface area contributed by atoms with Gasteiger partial charge < -0.3 is 24.7 Å². The van der Waals surface area contributed by atoms with E-state index in [1.165, 1.54) is 0 Å². The van der Waals surface area contributed by atoms with E-state index in [1.807, 2.05) is 27.7 Å². The molecule has 2 N–H and O–H groups in total. The first kappa shape index (κ1) is 23.5. The van der Waals surface area contributed by atoms with Crippen LogP contribution in [0.4, 0.5) is 4.79 Å². The molecule has 2 atom stereocenters. The van der Waals surface area contributed by atoms with Gasteiger partial charge in [-0.1, -0.05) is 31.9 Å². The van der Waals surface area contributed by atoms with E-state index in [0.717, 1.165) is 18.5 Å². The molecule has 1 aliphatic heterocycles. The highest BCUT2D eigenvalue weighted by atomic mass is 35.5. The SMILES string of the molecule is CCCCOC1CN(C(=O)OC(C)(C)C)CCC1NC(=O)c1nc(Cl)c(CC)[nH]1. The van der Waals surface area contributed by atoms with E-state index in [0.29, 0.717) is 37.7 Å². The highest BCUT2D eigenvalue weighted by Crippen LogP contribution is 2.19. The van der Waals surface area contributed by atoms with Crippen LogP contribution in [-0.4, -0.2) is 64.3 Å². The molecule has 1 saturated heterocycles. The van der Waals surface area contributed by atoms with Crippen LogP contribution < -0.4 is 5.32 Å². The van der Waals surface area contributed by atoms with Gasteiger partial charge in [-0.2, -0.15) is 0 Å². The third-order valence-corrected chi connectivity index (χ3v) is 4.97. The van der Waals surface area contributed by atoms with Crippen LogP contribution in [0.2, 0.25) is 5.15 Å². The zero-order valence-electron chi connectivity index (χ0n) is 18.0. The number of aromatic amines is 1. The number of piperidine rings is 1. The highest BCUT2D eigenvalue weighted by Gasteiger charge is 2.35. The Kier molecular flexibility index (Phi) is 8.34. The van der Waals surface area contributed by atoms with Gasteiger partial charge in [0.1, 0.15) is 5.60 Å². The van der Waals surface area contributed by atoms with Crippen LogP contribution in [-0.2, 0) is 15.9 Å². The minimum absolute atomic E-state index is 0.189. The summed E-state index contributed by atoms with van der Waals surface area (Å²) in [5, 5.41) is 3.30. The van der Waals surface area contributed by atoms with Crippen LogP contribution in [0.5, 0.6) is 0 Å². The number of H-pyrrole nitrogens is 1. The number of hydrogen-bond donors (Lipinski definition) is 2. The summed E-state index contributed by atoms with van der Waals surface area (Å²) in [6, 6.07) is -0.230. The lowest BCUT2D eigenvalue weighted by atomic mass is 10.0. The fraction of sp³-hybridized carbons (Fsp3) is 0.750. The number of aromatic nitrogens is 2. The quantitative estimate of drug-likeness (QED) is 0.647. The molecular formula is C20H33ClN4O4. The Morgan fingerprint density at radius 1 is 1.34 bits per heavy atom. The van der Waals surface area contributed by atoms with Crippen LogP contribution >= 0.6 is 11.6 Å². The largest absolute Gasteiger partial charge is 0.444 e. The van der Waals surface area contributed by atoms with Crippen molar-refractivity contribution in [2.45, 2.75) is 78.0 Å². The number of ether oxygens (including phenoxy) is 2. The summed E-state index contributed by atoms with van der Waals surface area (Å²) < 4.78 is 11.5. The maximum atomic E-state index is 12.6. The van der Waals surface area contributed by atoms with Crippen molar-refractivity contribution in [1.29, 1.82) is 0 Å². The lowest BCUT2D eigenvalue weighted by molar-refractivity contribution is -0.0339. The molecule has 0 saturated carbocycles. The van der Waals surface area contributed by atoms with Crippen molar-refractivity contribution in [2.24, 2.45) is 0 Å². The number of unbranched alkanes of at least 4 members (excludes halogenated alkanes) is 1. The first-order valence-electron chi connectivity index (χ1n) is 10.3. The van der Waals surface area contributed by atoms with Crippen LogP contribution in [0.3, 0.4) is 0 Å². The molecule has 164 valence electrons. The number of carbonyl (C=O) groups excluding carboxylic acids is 2. The molecule has 2 rings (SSSR count). The highest BCUT2D eigenvalue weighted by molar-refractivity contribution is 6.30. The predicted octanol–water partition coefficient (Wildman–Crippen LogP) is 3.55. The van der Waals surface area contributed by atoms with Crippen molar-refractivity contribution < 1.29 is 19.1 Å². The standard InChI is InChI=1S/C20H33ClN4O4/c1-6-8-11-28-15-12-25(19(27)29-20(3,4)5)10-9-14(15)23-18(26)17-22-13(7-2)16(21)24-17/h14-15H,6-12H2,1-5H3,(H,22,24)(H,23,26). The summed E-state index contributed by atoms with van der Waals surface area (Å²) in [6.45, 7) is 11.0. The molecule has 1 aliphatic rings. The molecule has 2 unspecified atom stereocenters. The molecule has 8 nitrogen and oxygen atoms in total. The van der Waals surface area contributed by atoms with Gasteiger partial charge in [0, 0.05) is 13.2 Å². The molecule has 29 heavy (non-hydrogen) atoms. The van der Waals surface area contributed by atoms with E-state index in [-0.39, 0.29) is 30.0 Å². The first-order chi connectivity index (χ1) is 13.6. The van der Waals surface area contributed by atoms with E-state index < -0.39 is 5.60 Å². The molecule has 0 aromatic carbocycles. The summed E-state index contributed by atoms with van der Waals surface area (Å²) in [5.74, 6) is -0.139. The maximum absolute atomic E-state index is 12.6. The Balaban J connectivity index is 2.04. The smallest absolute Gasteiger partial charge is 0.410 e. The molecule has 0 spiro atoms. The van der Waals surface area contributed by atoms with E-state index in [2.05, 4.69) is 22.2 Å². The number of nitrogens with one attached hydrogen (secondary N) is 2. The topological polar surface area (TPSA) is 96.6 Å². The second-order valence-electron chi connectivity index (χ2n) is 8.27. The second kappa shape index (κ2) is 10.3. The van der Waals surface area contributed by atoms with Crippen molar-refractivity contribution in [3.05, 3.63) is 16.7 Å². The van der Waals surface area contributed by atoms with Gasteiger partial charge in [0.25, 0.3) is 5.91 Å². The number of carbonyl (C=O) groups is 2. The van der Waals surface area contributed by atoms with Gasteiger partial charge in [0.05, 0.1) is 24.4 Å². The maximum Gasteiger partial charge on any atom is 0.410 e. The molecule has 0 radical (unpaired) electrons. The summed E-state index contributed by atoms with van der Waals surface area (Å²) in [5.41, 5.74) is 0.170. The van der Waals surface area contributed by atoms with Crippen molar-refractivity contribution >= 4 is 23.6 Å². The molecule has 1 aromatic rings. The van der Waals surface area contributed by atoms with Crippen molar-refractivity contribution in [3.8, 4) is 0 Å². The molecule has 2 amide bonds. The Morgan fingerprint density at radius 3 is 2.66 bits per heavy atom. The summed E-state index contributed by atoms with van der Waals surface area (Å²) in [7, 11) is 0. The number of rotatable bonds is 7. The van der Waals surface area contributed by atoms with Crippen LogP contribution in [0.25, 0.3) is 0 Å². The Hall–Kier alpha value is -1.80. The van der Waals surface area contributed by atoms with Gasteiger partial charge in [-0.3, -0.25) is 4.79 Å². The average molecular weight is 429 g/mol. The minimum atomic E-state index is -0.559. The summed E-state index contributed by atoms with van der Waals surface area (Å²) >= 11 is 6.05. The zero-order valence-corrected chi connectivity index (χ0v) is 18.8. The second-order valence-corrected chi connectivity index (χ2v) is 8.62. The molecule has 2 heterocycles. The minimum Gasteiger partial charge on any atom is -0.444 e. The Morgan fingerprint density at radius 2 is 2.07 bits per heavy atom. The van der Waals surface area contributed by atoms with E-state index >= 15 is 0 Å². The fourth-order valence-electron chi connectivity index (χ4n) is 3.09. The third-order valence-electron chi connectivity index (χ3n) is 4.65. The molecule has 9 heteroatoms. The Bertz CT molecular complexity index is 701. The lowest BCUT2D eigenvalue weighted by Gasteiger charge is -2.39. The van der Waals surface area contributed by atoms with Gasteiger partial charge in [0.15, 0.2) is 11.0 Å². The predicted molar refractivity (Wildman–Crippen MR) is 111 cm³/mol. The number of halogens is 1. The number of aryl methyl sites for hydroxylation is 1. The Labute approximate surface area is 177 Å². The van der Waals surface area contributed by atoms with E-state index in [1.54, 1.807) is 4.90 Å². The van der Waals surface area contributed by atoms with Crippen LogP contribution in [0.1, 0.15) is 70.2 Å². The fourth-order valence-corrected chi connectivity index (χ4v) is 3.35. The molecular weight excluding hydrogens is 396 g/mol. The third kappa shape index (κ3) is 6.89. The normalized spacial score (nSPS) is 19.9. The first-order valence-corrected chi connectivity index (χ1v) is 10.7. The number of imidazole rings is 1. The zero-order chi connectivity index (χ0) is 21.6. The lowest BCUT2D eigenvalue weighted by Crippen LogP contribution is -2.57. The van der Waals surface area contributed by atoms with E-state index in [4.69, 9.17) is 21.1 Å². The van der Waals surface area contributed by atoms with Crippen molar-refractivity contribution in [2.75, 3.05) is 19.7 Å². The van der Waals surface area contributed by atoms with E-state index in [9.17, 15) is 9.59 Å². The molecule has 1 aromatic heterocycles. The van der Waals surface area contributed by atoms with Gasteiger partial charge in [-0.05, 0) is 40.0 Å². The number of hydrogen-bond acceptors (Lipinski definition) is 5. The van der Waals surface area contributed by atoms with Gasteiger partial charge in [0.2, 0.25) is 0 Å². The van der Waals surface area contributed by atoms with Crippen LogP contribution in [0.15, 0.2) is 0 Å². The molecule has 0 aliphatic carbocycles. The summed E-state index contributed by atoms with van der Waals surface area (Å²) in [4.78, 5) is 33.8. The van der Waals surface area contributed by atoms with Crippen molar-refractivity contribution in [1.82, 2.24) is 20.2 Å². The van der Waals surface area contributed by atoms with Gasteiger partial charge in [-0.25, -0.2) is 9.78 Å². The van der Waals surface area contributed by atoms with Gasteiger partial charge >= 0.3 is 6.09 Å². The monoisotopic (exact) mass is 428 g/mol. The number of likely N-dealkylation sites (tertiary alicyclic amines) is 1.